The van der Waals surface area contributed by atoms with Gasteiger partial charge in [-0.1, -0.05) is 24.3 Å². The molecule has 0 saturated carbocycles. The van der Waals surface area contributed by atoms with Crippen molar-refractivity contribution >= 4 is 17.8 Å². The third-order valence-electron chi connectivity index (χ3n) is 4.77. The zero-order chi connectivity index (χ0) is 20.8. The predicted octanol–water partition coefficient (Wildman–Crippen LogP) is 2.37. The molecule has 7 heteroatoms. The van der Waals surface area contributed by atoms with Crippen molar-refractivity contribution in [3.63, 3.8) is 0 Å². The Balaban J connectivity index is 1.66. The highest BCUT2D eigenvalue weighted by Crippen LogP contribution is 2.24. The molecule has 0 saturated heterocycles. The third-order valence-corrected chi connectivity index (χ3v) is 4.77. The minimum absolute atomic E-state index is 0.259. The Morgan fingerprint density at radius 2 is 1.72 bits per heavy atom. The zero-order valence-electron chi connectivity index (χ0n) is 16.4. The number of rotatable bonds is 6. The number of benzene rings is 2. The summed E-state index contributed by atoms with van der Waals surface area (Å²) >= 11 is 0. The van der Waals surface area contributed by atoms with Crippen molar-refractivity contribution in [3.8, 4) is 5.75 Å². The predicted molar refractivity (Wildman–Crippen MR) is 104 cm³/mol. The first-order chi connectivity index (χ1) is 14.0. The van der Waals surface area contributed by atoms with Crippen LogP contribution in [0.1, 0.15) is 28.4 Å². The third kappa shape index (κ3) is 4.74. The molecule has 2 aromatic carbocycles. The van der Waals surface area contributed by atoms with Gasteiger partial charge >= 0.3 is 11.9 Å². The Morgan fingerprint density at radius 1 is 1.03 bits per heavy atom. The summed E-state index contributed by atoms with van der Waals surface area (Å²) in [6.07, 6.45) is 0.363. The number of hydrogen-bond acceptors (Lipinski definition) is 6. The van der Waals surface area contributed by atoms with E-state index in [1.54, 1.807) is 24.3 Å². The normalized spacial score (nSPS) is 15.2. The average Bonchev–Trinajstić information content (AvgIpc) is 2.76. The largest absolute Gasteiger partial charge is 0.494 e. The Hall–Kier alpha value is -3.35. The van der Waals surface area contributed by atoms with E-state index in [4.69, 9.17) is 14.2 Å². The summed E-state index contributed by atoms with van der Waals surface area (Å²) in [4.78, 5) is 38.6. The molecule has 29 heavy (non-hydrogen) atoms. The van der Waals surface area contributed by atoms with E-state index in [9.17, 15) is 14.4 Å². The molecule has 1 aliphatic heterocycles. The highest BCUT2D eigenvalue weighted by Gasteiger charge is 2.35. The van der Waals surface area contributed by atoms with Crippen LogP contribution in [0.5, 0.6) is 5.75 Å². The van der Waals surface area contributed by atoms with E-state index in [0.29, 0.717) is 24.3 Å². The molecule has 7 nitrogen and oxygen atoms in total. The lowest BCUT2D eigenvalue weighted by molar-refractivity contribution is -0.155. The second kappa shape index (κ2) is 9.23. The first kappa shape index (κ1) is 20.4. The van der Waals surface area contributed by atoms with Gasteiger partial charge in [-0.2, -0.15) is 0 Å². The minimum atomic E-state index is -0.744. The molecule has 0 aromatic heterocycles. The fourth-order valence-corrected chi connectivity index (χ4v) is 3.28. The van der Waals surface area contributed by atoms with E-state index in [1.165, 1.54) is 12.0 Å². The highest BCUT2D eigenvalue weighted by atomic mass is 16.5. The van der Waals surface area contributed by atoms with Crippen LogP contribution in [0.4, 0.5) is 0 Å². The molecule has 1 amide bonds. The number of carbonyl (C=O) groups excluding carboxylic acids is 3. The number of fused-ring (bicyclic) bond motifs is 1. The van der Waals surface area contributed by atoms with Crippen LogP contribution in [0, 0.1) is 0 Å². The van der Waals surface area contributed by atoms with Gasteiger partial charge < -0.3 is 19.1 Å². The number of methoxy groups -OCH3 is 1. The smallest absolute Gasteiger partial charge is 0.338 e. The van der Waals surface area contributed by atoms with Crippen LogP contribution >= 0.6 is 0 Å². The Bertz CT molecular complexity index is 892. The molecular formula is C22H23NO6. The van der Waals surface area contributed by atoms with Crippen molar-refractivity contribution in [2.45, 2.75) is 25.9 Å². The van der Waals surface area contributed by atoms with Gasteiger partial charge in [0.2, 0.25) is 0 Å². The summed E-state index contributed by atoms with van der Waals surface area (Å²) in [6, 6.07) is 13.3. The number of esters is 2. The maximum Gasteiger partial charge on any atom is 0.338 e. The molecule has 0 unspecified atom stereocenters. The molecular weight excluding hydrogens is 374 g/mol. The quantitative estimate of drug-likeness (QED) is 0.696. The molecule has 0 spiro atoms. The van der Waals surface area contributed by atoms with Crippen molar-refractivity contribution in [1.29, 1.82) is 0 Å². The molecule has 152 valence electrons. The van der Waals surface area contributed by atoms with Gasteiger partial charge in [-0.3, -0.25) is 4.79 Å². The number of ether oxygens (including phenoxy) is 3. The van der Waals surface area contributed by atoms with Gasteiger partial charge in [0.1, 0.15) is 11.8 Å². The summed E-state index contributed by atoms with van der Waals surface area (Å²) in [5.74, 6) is -0.915. The lowest BCUT2D eigenvalue weighted by atomic mass is 9.94. The molecule has 0 fully saturated rings. The summed E-state index contributed by atoms with van der Waals surface area (Å²) in [5.41, 5.74) is 2.27. The SMILES string of the molecule is CCOc1ccc(C(=O)OCC(=O)N2Cc3ccccc3C[C@@H]2C(=O)OC)cc1. The fourth-order valence-electron chi connectivity index (χ4n) is 3.28. The molecule has 0 N–H and O–H groups in total. The van der Waals surface area contributed by atoms with Gasteiger partial charge in [0.15, 0.2) is 6.61 Å². The first-order valence-corrected chi connectivity index (χ1v) is 9.37. The summed E-state index contributed by atoms with van der Waals surface area (Å²) < 4.78 is 15.4. The molecule has 1 atom stereocenters. The van der Waals surface area contributed by atoms with Crippen molar-refractivity contribution in [3.05, 3.63) is 65.2 Å². The molecule has 1 heterocycles. The second-order valence-corrected chi connectivity index (χ2v) is 6.57. The van der Waals surface area contributed by atoms with Crippen LogP contribution < -0.4 is 4.74 Å². The summed E-state index contributed by atoms with van der Waals surface area (Å²) in [7, 11) is 1.29. The minimum Gasteiger partial charge on any atom is -0.494 e. The molecule has 2 aromatic rings. The molecule has 0 bridgehead atoms. The second-order valence-electron chi connectivity index (χ2n) is 6.57. The van der Waals surface area contributed by atoms with E-state index < -0.39 is 30.5 Å². The maximum absolute atomic E-state index is 12.7. The van der Waals surface area contributed by atoms with Gasteiger partial charge in [-0.25, -0.2) is 9.59 Å². The van der Waals surface area contributed by atoms with Crippen LogP contribution in [0.3, 0.4) is 0 Å². The van der Waals surface area contributed by atoms with Crippen LogP contribution in [-0.2, 0) is 32.0 Å². The molecule has 1 aliphatic rings. The van der Waals surface area contributed by atoms with Crippen LogP contribution in [0.25, 0.3) is 0 Å². The van der Waals surface area contributed by atoms with Crippen molar-refractivity contribution in [2.75, 3.05) is 20.3 Å². The van der Waals surface area contributed by atoms with Crippen molar-refractivity contribution in [2.24, 2.45) is 0 Å². The molecule has 0 aliphatic carbocycles. The molecule has 3 rings (SSSR count). The van der Waals surface area contributed by atoms with Gasteiger partial charge in [0, 0.05) is 13.0 Å². The van der Waals surface area contributed by atoms with E-state index >= 15 is 0 Å². The van der Waals surface area contributed by atoms with Crippen LogP contribution in [-0.4, -0.2) is 49.1 Å². The topological polar surface area (TPSA) is 82.1 Å². The average molecular weight is 397 g/mol. The lowest BCUT2D eigenvalue weighted by Gasteiger charge is -2.35. The van der Waals surface area contributed by atoms with Gasteiger partial charge in [-0.15, -0.1) is 0 Å². The van der Waals surface area contributed by atoms with E-state index in [-0.39, 0.29) is 6.54 Å². The summed E-state index contributed by atoms with van der Waals surface area (Å²) in [6.45, 7) is 2.20. The Labute approximate surface area is 169 Å². The van der Waals surface area contributed by atoms with Gasteiger partial charge in [0.05, 0.1) is 19.3 Å². The van der Waals surface area contributed by atoms with Crippen molar-refractivity contribution in [1.82, 2.24) is 4.90 Å². The first-order valence-electron chi connectivity index (χ1n) is 9.37. The number of amides is 1. The van der Waals surface area contributed by atoms with Crippen molar-refractivity contribution < 1.29 is 28.6 Å². The fraction of sp³-hybridized carbons (Fsp3) is 0.318. The lowest BCUT2D eigenvalue weighted by Crippen LogP contribution is -2.50. The van der Waals surface area contributed by atoms with Crippen LogP contribution in [0.15, 0.2) is 48.5 Å². The Morgan fingerprint density at radius 3 is 2.38 bits per heavy atom. The summed E-state index contributed by atoms with van der Waals surface area (Å²) in [5, 5.41) is 0. The van der Waals surface area contributed by atoms with E-state index in [1.807, 2.05) is 31.2 Å². The number of hydrogen-bond donors (Lipinski definition) is 0. The standard InChI is InChI=1S/C22H23NO6/c1-3-28-18-10-8-15(9-11-18)21(25)29-14-20(24)23-13-17-7-5-4-6-16(17)12-19(23)22(26)27-2/h4-11,19H,3,12-14H2,1-2H3/t19-/m1/s1. The highest BCUT2D eigenvalue weighted by molar-refractivity contribution is 5.92. The monoisotopic (exact) mass is 397 g/mol. The van der Waals surface area contributed by atoms with Crippen LogP contribution in [0.2, 0.25) is 0 Å². The number of carbonyl (C=O) groups is 3. The molecule has 0 radical (unpaired) electrons. The number of nitrogens with zero attached hydrogens (tertiary/aromatic N) is 1. The van der Waals surface area contributed by atoms with E-state index in [0.717, 1.165) is 11.1 Å². The zero-order valence-corrected chi connectivity index (χ0v) is 16.4. The van der Waals surface area contributed by atoms with Gasteiger partial charge in [-0.05, 0) is 42.3 Å². The Kier molecular flexibility index (Phi) is 6.49. The van der Waals surface area contributed by atoms with Gasteiger partial charge in [0.25, 0.3) is 5.91 Å². The van der Waals surface area contributed by atoms with E-state index in [2.05, 4.69) is 0 Å². The maximum atomic E-state index is 12.7.